The monoisotopic (exact) mass is 439 g/mol. The molecule has 0 aliphatic heterocycles. The molecule has 0 aliphatic rings. The van der Waals surface area contributed by atoms with Crippen LogP contribution in [-0.2, 0) is 11.0 Å². The highest BCUT2D eigenvalue weighted by Crippen LogP contribution is 2.30. The minimum absolute atomic E-state index is 0.0365. The predicted molar refractivity (Wildman–Crippen MR) is 111 cm³/mol. The first kappa shape index (κ1) is 21.1. The van der Waals surface area contributed by atoms with Crippen LogP contribution in [0.2, 0.25) is 0 Å². The second-order valence-corrected chi connectivity index (χ2v) is 6.73. The maximum absolute atomic E-state index is 12.8. The molecule has 0 aliphatic carbocycles. The third kappa shape index (κ3) is 5.12. The lowest BCUT2D eigenvalue weighted by molar-refractivity contribution is -0.137. The second kappa shape index (κ2) is 8.93. The molecule has 1 amide bonds. The van der Waals surface area contributed by atoms with E-state index in [9.17, 15) is 18.0 Å². The van der Waals surface area contributed by atoms with Gasteiger partial charge >= 0.3 is 6.18 Å². The van der Waals surface area contributed by atoms with E-state index in [1.165, 1.54) is 12.1 Å². The van der Waals surface area contributed by atoms with Gasteiger partial charge in [0.2, 0.25) is 5.82 Å². The van der Waals surface area contributed by atoms with E-state index in [0.29, 0.717) is 23.0 Å². The molecule has 3 aromatic carbocycles. The maximum Gasteiger partial charge on any atom is 0.416 e. The lowest BCUT2D eigenvalue weighted by Gasteiger charge is -2.10. The summed E-state index contributed by atoms with van der Waals surface area (Å²) in [6.45, 7) is -0.367. The summed E-state index contributed by atoms with van der Waals surface area (Å²) in [7, 11) is 0. The van der Waals surface area contributed by atoms with E-state index in [4.69, 9.17) is 9.26 Å². The summed E-state index contributed by atoms with van der Waals surface area (Å²) in [5.41, 5.74) is 0.687. The number of hydrogen-bond acceptors (Lipinski definition) is 5. The van der Waals surface area contributed by atoms with Crippen molar-refractivity contribution in [1.82, 2.24) is 10.1 Å². The average Bonchev–Trinajstić information content (AvgIpc) is 3.29. The number of aromatic nitrogens is 2. The van der Waals surface area contributed by atoms with Crippen molar-refractivity contribution in [3.8, 4) is 28.6 Å². The number of alkyl halides is 3. The molecule has 0 fully saturated rings. The number of benzene rings is 3. The minimum atomic E-state index is -4.49. The van der Waals surface area contributed by atoms with Crippen molar-refractivity contribution in [2.45, 2.75) is 6.18 Å². The number of ether oxygens (including phenoxy) is 1. The number of hydrogen-bond donors (Lipinski definition) is 1. The number of carbonyl (C=O) groups excluding carboxylic acids is 1. The van der Waals surface area contributed by atoms with Gasteiger partial charge in [-0.1, -0.05) is 41.6 Å². The van der Waals surface area contributed by atoms with Crippen LogP contribution in [0.4, 0.5) is 18.9 Å². The summed E-state index contributed by atoms with van der Waals surface area (Å²) in [6, 6.07) is 20.4. The third-order valence-corrected chi connectivity index (χ3v) is 4.40. The molecule has 0 saturated carbocycles. The topological polar surface area (TPSA) is 77.2 Å². The van der Waals surface area contributed by atoms with Crippen molar-refractivity contribution in [2.75, 3.05) is 11.9 Å². The van der Waals surface area contributed by atoms with Crippen molar-refractivity contribution < 1.29 is 27.2 Å². The zero-order valence-electron chi connectivity index (χ0n) is 16.5. The molecular weight excluding hydrogens is 423 g/mol. The molecule has 0 bridgehead atoms. The molecule has 0 saturated heterocycles. The van der Waals surface area contributed by atoms with Gasteiger partial charge in [-0.05, 0) is 42.5 Å². The van der Waals surface area contributed by atoms with E-state index in [-0.39, 0.29) is 12.3 Å². The molecule has 0 unspecified atom stereocenters. The lowest BCUT2D eigenvalue weighted by Crippen LogP contribution is -2.20. The fraction of sp³-hybridized carbons (Fsp3) is 0.0870. The summed E-state index contributed by atoms with van der Waals surface area (Å²) in [4.78, 5) is 16.4. The first-order valence-electron chi connectivity index (χ1n) is 9.48. The van der Waals surface area contributed by atoms with E-state index in [0.717, 1.165) is 17.7 Å². The first-order chi connectivity index (χ1) is 15.4. The quantitative estimate of drug-likeness (QED) is 0.433. The molecule has 0 radical (unpaired) electrons. The number of rotatable bonds is 6. The van der Waals surface area contributed by atoms with E-state index >= 15 is 0 Å². The van der Waals surface area contributed by atoms with Crippen LogP contribution in [0.25, 0.3) is 22.8 Å². The van der Waals surface area contributed by atoms with Crippen LogP contribution in [-0.4, -0.2) is 22.7 Å². The van der Waals surface area contributed by atoms with Crippen molar-refractivity contribution in [1.29, 1.82) is 0 Å². The van der Waals surface area contributed by atoms with Crippen LogP contribution >= 0.6 is 0 Å². The summed E-state index contributed by atoms with van der Waals surface area (Å²) >= 11 is 0. The van der Waals surface area contributed by atoms with Gasteiger partial charge in [0, 0.05) is 16.8 Å². The Balaban J connectivity index is 1.34. The van der Waals surface area contributed by atoms with Crippen LogP contribution < -0.4 is 10.1 Å². The van der Waals surface area contributed by atoms with Crippen LogP contribution in [0.1, 0.15) is 5.56 Å². The smallest absolute Gasteiger partial charge is 0.416 e. The normalized spacial score (nSPS) is 11.2. The van der Waals surface area contributed by atoms with Gasteiger partial charge in [-0.25, -0.2) is 0 Å². The fourth-order valence-electron chi connectivity index (χ4n) is 2.86. The van der Waals surface area contributed by atoms with Gasteiger partial charge in [-0.15, -0.1) is 0 Å². The molecule has 4 rings (SSSR count). The number of nitrogens with one attached hydrogen (secondary N) is 1. The van der Waals surface area contributed by atoms with Crippen LogP contribution in [0, 0.1) is 0 Å². The molecular formula is C23H16F3N3O3. The van der Waals surface area contributed by atoms with Gasteiger partial charge in [0.1, 0.15) is 5.75 Å². The Morgan fingerprint density at radius 1 is 0.938 bits per heavy atom. The van der Waals surface area contributed by atoms with Gasteiger partial charge in [0.05, 0.1) is 5.56 Å². The Morgan fingerprint density at radius 2 is 1.69 bits per heavy atom. The predicted octanol–water partition coefficient (Wildman–Crippen LogP) is 5.44. The molecule has 0 atom stereocenters. The number of amides is 1. The third-order valence-electron chi connectivity index (χ3n) is 4.40. The SMILES string of the molecule is O=C(COc1ccc(-c2nc(-c3ccccc3)no2)cc1)Nc1cccc(C(F)(F)F)c1. The Kier molecular flexibility index (Phi) is 5.89. The molecule has 1 aromatic heterocycles. The minimum Gasteiger partial charge on any atom is -0.484 e. The van der Waals surface area contributed by atoms with E-state index < -0.39 is 17.6 Å². The first-order valence-corrected chi connectivity index (χ1v) is 9.48. The van der Waals surface area contributed by atoms with Crippen molar-refractivity contribution in [2.24, 2.45) is 0 Å². The molecule has 1 heterocycles. The highest BCUT2D eigenvalue weighted by Gasteiger charge is 2.30. The Morgan fingerprint density at radius 3 is 2.41 bits per heavy atom. The van der Waals surface area contributed by atoms with Crippen LogP contribution in [0.5, 0.6) is 5.75 Å². The molecule has 1 N–H and O–H groups in total. The number of nitrogens with zero attached hydrogens (tertiary/aromatic N) is 2. The number of carbonyl (C=O) groups is 1. The van der Waals surface area contributed by atoms with Crippen molar-refractivity contribution in [3.63, 3.8) is 0 Å². The molecule has 32 heavy (non-hydrogen) atoms. The van der Waals surface area contributed by atoms with Gasteiger partial charge in [-0.3, -0.25) is 4.79 Å². The van der Waals surface area contributed by atoms with Gasteiger partial charge in [-0.2, -0.15) is 18.2 Å². The van der Waals surface area contributed by atoms with E-state index in [1.807, 2.05) is 30.3 Å². The maximum atomic E-state index is 12.8. The lowest BCUT2D eigenvalue weighted by atomic mass is 10.2. The highest BCUT2D eigenvalue weighted by atomic mass is 19.4. The zero-order valence-corrected chi connectivity index (χ0v) is 16.5. The highest BCUT2D eigenvalue weighted by molar-refractivity contribution is 5.92. The van der Waals surface area contributed by atoms with Crippen LogP contribution in [0.3, 0.4) is 0 Å². The Labute approximate surface area is 180 Å². The Bertz CT molecular complexity index is 1210. The number of anilines is 1. The Hall–Kier alpha value is -4.14. The zero-order chi connectivity index (χ0) is 22.6. The van der Waals surface area contributed by atoms with Gasteiger partial charge < -0.3 is 14.6 Å². The molecule has 0 spiro atoms. The van der Waals surface area contributed by atoms with Crippen LogP contribution in [0.15, 0.2) is 83.4 Å². The summed E-state index contributed by atoms with van der Waals surface area (Å²) in [5.74, 6) is 0.610. The van der Waals surface area contributed by atoms with Crippen molar-refractivity contribution >= 4 is 11.6 Å². The van der Waals surface area contributed by atoms with E-state index in [1.54, 1.807) is 24.3 Å². The molecule has 6 nitrogen and oxygen atoms in total. The second-order valence-electron chi connectivity index (χ2n) is 6.73. The molecule has 162 valence electrons. The molecule has 4 aromatic rings. The molecule has 9 heteroatoms. The summed E-state index contributed by atoms with van der Waals surface area (Å²) in [6.07, 6.45) is -4.49. The van der Waals surface area contributed by atoms with E-state index in [2.05, 4.69) is 15.5 Å². The van der Waals surface area contributed by atoms with Crippen molar-refractivity contribution in [3.05, 3.63) is 84.4 Å². The van der Waals surface area contributed by atoms with Gasteiger partial charge in [0.25, 0.3) is 11.8 Å². The number of halogens is 3. The fourth-order valence-corrected chi connectivity index (χ4v) is 2.86. The van der Waals surface area contributed by atoms with Gasteiger partial charge in [0.15, 0.2) is 6.61 Å². The standard InChI is InChI=1S/C23H16F3N3O3/c24-23(25,26)17-7-4-8-18(13-17)27-20(30)14-31-19-11-9-16(10-12-19)22-28-21(29-32-22)15-5-2-1-3-6-15/h1-13H,14H2,(H,27,30). The largest absolute Gasteiger partial charge is 0.484 e. The summed E-state index contributed by atoms with van der Waals surface area (Å²) < 4.78 is 49.0. The summed E-state index contributed by atoms with van der Waals surface area (Å²) in [5, 5.41) is 6.35. The average molecular weight is 439 g/mol.